The molecule has 0 aromatic rings. The Bertz CT molecular complexity index is 251. The van der Waals surface area contributed by atoms with Crippen LogP contribution in [0.15, 0.2) is 0 Å². The van der Waals surface area contributed by atoms with Gasteiger partial charge in [-0.15, -0.1) is 0 Å². The van der Waals surface area contributed by atoms with Gasteiger partial charge >= 0.3 is 5.97 Å². The van der Waals surface area contributed by atoms with Crippen molar-refractivity contribution < 1.29 is 9.90 Å². The molecule has 0 aromatic heterocycles. The number of carboxylic acid groups (broad SMARTS) is 1. The molecule has 2 aliphatic rings. The summed E-state index contributed by atoms with van der Waals surface area (Å²) in [7, 11) is 0. The van der Waals surface area contributed by atoms with E-state index in [1.807, 2.05) is 0 Å². The summed E-state index contributed by atoms with van der Waals surface area (Å²) in [4.78, 5) is 11.0. The third-order valence-corrected chi connectivity index (χ3v) is 4.06. The lowest BCUT2D eigenvalue weighted by molar-refractivity contribution is -0.144. The molecular weight excluding hydrogens is 176 g/mol. The quantitative estimate of drug-likeness (QED) is 0.753. The highest BCUT2D eigenvalue weighted by atomic mass is 16.4. The monoisotopic (exact) mass is 196 g/mol. The van der Waals surface area contributed by atoms with Gasteiger partial charge in [0.1, 0.15) is 0 Å². The number of carboxylic acids is 1. The molecule has 1 atom stereocenters. The summed E-state index contributed by atoms with van der Waals surface area (Å²) < 4.78 is 0. The molecule has 2 aliphatic carbocycles. The summed E-state index contributed by atoms with van der Waals surface area (Å²) in [6.45, 7) is 4.60. The second-order valence-electron chi connectivity index (χ2n) is 6.06. The second-order valence-corrected chi connectivity index (χ2v) is 6.06. The third kappa shape index (κ3) is 1.79. The Labute approximate surface area is 85.7 Å². The van der Waals surface area contributed by atoms with Crippen LogP contribution in [-0.4, -0.2) is 11.1 Å². The Balaban J connectivity index is 1.91. The molecule has 1 unspecified atom stereocenters. The van der Waals surface area contributed by atoms with E-state index in [9.17, 15) is 4.79 Å². The van der Waals surface area contributed by atoms with Crippen LogP contribution in [0.25, 0.3) is 0 Å². The Morgan fingerprint density at radius 1 is 1.36 bits per heavy atom. The minimum Gasteiger partial charge on any atom is -0.481 e. The average Bonchev–Trinajstić information content (AvgIpc) is 2.74. The van der Waals surface area contributed by atoms with Crippen molar-refractivity contribution in [3.8, 4) is 0 Å². The van der Waals surface area contributed by atoms with Crippen LogP contribution < -0.4 is 0 Å². The fraction of sp³-hybridized carbons (Fsp3) is 0.917. The van der Waals surface area contributed by atoms with Crippen molar-refractivity contribution in [3.05, 3.63) is 0 Å². The van der Waals surface area contributed by atoms with Gasteiger partial charge in [0.15, 0.2) is 0 Å². The van der Waals surface area contributed by atoms with E-state index in [2.05, 4.69) is 13.8 Å². The first-order valence-electron chi connectivity index (χ1n) is 5.67. The Morgan fingerprint density at radius 3 is 2.36 bits per heavy atom. The number of hydrogen-bond donors (Lipinski definition) is 1. The molecular formula is C12H20O2. The summed E-state index contributed by atoms with van der Waals surface area (Å²) in [6.07, 6.45) is 6.50. The lowest BCUT2D eigenvalue weighted by Gasteiger charge is -2.19. The molecule has 0 heterocycles. The minimum atomic E-state index is -0.554. The van der Waals surface area contributed by atoms with Crippen molar-refractivity contribution in [2.75, 3.05) is 0 Å². The van der Waals surface area contributed by atoms with Crippen molar-refractivity contribution in [1.29, 1.82) is 0 Å². The maximum atomic E-state index is 11.0. The highest BCUT2D eigenvalue weighted by Gasteiger charge is 2.52. The zero-order chi connectivity index (χ0) is 10.4. The van der Waals surface area contributed by atoms with Gasteiger partial charge in [0.05, 0.1) is 5.41 Å². The van der Waals surface area contributed by atoms with Crippen LogP contribution in [0.3, 0.4) is 0 Å². The summed E-state index contributed by atoms with van der Waals surface area (Å²) in [5, 5.41) is 9.09. The smallest absolute Gasteiger partial charge is 0.309 e. The molecule has 0 aliphatic heterocycles. The molecule has 80 valence electrons. The van der Waals surface area contributed by atoms with Crippen molar-refractivity contribution in [1.82, 2.24) is 0 Å². The van der Waals surface area contributed by atoms with Gasteiger partial charge in [0.2, 0.25) is 0 Å². The average molecular weight is 196 g/mol. The molecule has 0 saturated heterocycles. The second kappa shape index (κ2) is 2.98. The molecule has 0 aromatic carbocycles. The van der Waals surface area contributed by atoms with E-state index in [0.29, 0.717) is 11.3 Å². The Kier molecular flexibility index (Phi) is 2.13. The summed E-state index contributed by atoms with van der Waals surface area (Å²) in [6, 6.07) is 0. The summed E-state index contributed by atoms with van der Waals surface area (Å²) >= 11 is 0. The highest BCUT2D eigenvalue weighted by Crippen LogP contribution is 2.55. The first kappa shape index (κ1) is 10.0. The van der Waals surface area contributed by atoms with Gasteiger partial charge in [0.25, 0.3) is 0 Å². The molecule has 2 rings (SSSR count). The number of hydrogen-bond acceptors (Lipinski definition) is 1. The lowest BCUT2D eigenvalue weighted by atomic mass is 9.86. The van der Waals surface area contributed by atoms with Gasteiger partial charge in [-0.2, -0.15) is 0 Å². The fourth-order valence-corrected chi connectivity index (χ4v) is 2.96. The van der Waals surface area contributed by atoms with Gasteiger partial charge in [-0.05, 0) is 49.9 Å². The number of aliphatic carboxylic acids is 1. The van der Waals surface area contributed by atoms with Crippen molar-refractivity contribution in [2.24, 2.45) is 16.7 Å². The van der Waals surface area contributed by atoms with Crippen LogP contribution in [0, 0.1) is 16.7 Å². The van der Waals surface area contributed by atoms with Crippen LogP contribution in [0.1, 0.15) is 52.4 Å². The van der Waals surface area contributed by atoms with Crippen LogP contribution in [-0.2, 0) is 4.79 Å². The topological polar surface area (TPSA) is 37.3 Å². The van der Waals surface area contributed by atoms with E-state index < -0.39 is 5.97 Å². The largest absolute Gasteiger partial charge is 0.481 e. The Hall–Kier alpha value is -0.530. The fourth-order valence-electron chi connectivity index (χ4n) is 2.96. The predicted octanol–water partition coefficient (Wildman–Crippen LogP) is 3.07. The molecule has 2 saturated carbocycles. The van der Waals surface area contributed by atoms with Crippen LogP contribution in [0.4, 0.5) is 0 Å². The summed E-state index contributed by atoms with van der Waals surface area (Å²) in [5.74, 6) is 0.116. The standard InChI is InChI=1S/C12H20O2/c1-11(2)4-3-9(7-11)8-12(5-6-12)10(13)14/h9H,3-8H2,1-2H3,(H,13,14). The third-order valence-electron chi connectivity index (χ3n) is 4.06. The molecule has 0 amide bonds. The molecule has 2 heteroatoms. The molecule has 14 heavy (non-hydrogen) atoms. The molecule has 2 nitrogen and oxygen atoms in total. The first-order valence-corrected chi connectivity index (χ1v) is 5.67. The zero-order valence-corrected chi connectivity index (χ0v) is 9.18. The Morgan fingerprint density at radius 2 is 2.00 bits per heavy atom. The molecule has 0 radical (unpaired) electrons. The summed E-state index contributed by atoms with van der Waals surface area (Å²) in [5.41, 5.74) is 0.157. The van der Waals surface area contributed by atoms with Crippen LogP contribution >= 0.6 is 0 Å². The lowest BCUT2D eigenvalue weighted by Crippen LogP contribution is -2.18. The van der Waals surface area contributed by atoms with Crippen molar-refractivity contribution >= 4 is 5.97 Å². The molecule has 1 N–H and O–H groups in total. The van der Waals surface area contributed by atoms with Crippen LogP contribution in [0.5, 0.6) is 0 Å². The normalized spacial score (nSPS) is 32.9. The van der Waals surface area contributed by atoms with E-state index >= 15 is 0 Å². The van der Waals surface area contributed by atoms with Gasteiger partial charge < -0.3 is 5.11 Å². The van der Waals surface area contributed by atoms with E-state index in [1.165, 1.54) is 19.3 Å². The first-order chi connectivity index (χ1) is 6.44. The van der Waals surface area contributed by atoms with Gasteiger partial charge in [-0.3, -0.25) is 4.79 Å². The maximum Gasteiger partial charge on any atom is 0.309 e. The molecule has 0 bridgehead atoms. The van der Waals surface area contributed by atoms with Gasteiger partial charge in [-0.25, -0.2) is 0 Å². The SMILES string of the molecule is CC1(C)CCC(CC2(C(=O)O)CC2)C1. The predicted molar refractivity (Wildman–Crippen MR) is 55.0 cm³/mol. The van der Waals surface area contributed by atoms with Gasteiger partial charge in [-0.1, -0.05) is 13.8 Å². The van der Waals surface area contributed by atoms with E-state index in [1.54, 1.807) is 0 Å². The van der Waals surface area contributed by atoms with E-state index in [-0.39, 0.29) is 5.41 Å². The molecule has 0 spiro atoms. The molecule has 2 fully saturated rings. The maximum absolute atomic E-state index is 11.0. The minimum absolute atomic E-state index is 0.301. The van der Waals surface area contributed by atoms with Crippen molar-refractivity contribution in [2.45, 2.75) is 52.4 Å². The van der Waals surface area contributed by atoms with Crippen LogP contribution in [0.2, 0.25) is 0 Å². The van der Waals surface area contributed by atoms with E-state index in [0.717, 1.165) is 19.3 Å². The van der Waals surface area contributed by atoms with Gasteiger partial charge in [0, 0.05) is 0 Å². The number of rotatable bonds is 3. The highest BCUT2D eigenvalue weighted by molar-refractivity contribution is 5.77. The zero-order valence-electron chi connectivity index (χ0n) is 9.18. The van der Waals surface area contributed by atoms with Crippen molar-refractivity contribution in [3.63, 3.8) is 0 Å². The number of carbonyl (C=O) groups is 1. The van der Waals surface area contributed by atoms with E-state index in [4.69, 9.17) is 5.11 Å².